The summed E-state index contributed by atoms with van der Waals surface area (Å²) in [6.45, 7) is 2.08. The Kier molecular flexibility index (Phi) is 5.76. The molecule has 1 N–H and O–H groups in total. The van der Waals surface area contributed by atoms with Crippen LogP contribution in [0.1, 0.15) is 18.4 Å². The molecule has 0 unspecified atom stereocenters. The third-order valence-electron chi connectivity index (χ3n) is 4.21. The molecule has 0 aliphatic carbocycles. The molecular weight excluding hydrogens is 380 g/mol. The third-order valence-corrected chi connectivity index (χ3v) is 4.71. The number of methoxy groups -OCH3 is 1. The van der Waals surface area contributed by atoms with Crippen LogP contribution < -0.4 is 15.0 Å². The summed E-state index contributed by atoms with van der Waals surface area (Å²) in [6, 6.07) is 13.6. The van der Waals surface area contributed by atoms with E-state index in [9.17, 15) is 4.79 Å². The first-order chi connectivity index (χ1) is 12.2. The molecule has 0 saturated carbocycles. The van der Waals surface area contributed by atoms with Crippen LogP contribution >= 0.6 is 15.9 Å². The van der Waals surface area contributed by atoms with Crippen molar-refractivity contribution in [3.8, 4) is 5.75 Å². The second-order valence-electron chi connectivity index (χ2n) is 5.92. The van der Waals surface area contributed by atoms with Crippen LogP contribution in [0.25, 0.3) is 6.08 Å². The van der Waals surface area contributed by atoms with Gasteiger partial charge in [0.05, 0.1) is 18.5 Å². The number of hydrogen-bond donors (Lipinski definition) is 1. The van der Waals surface area contributed by atoms with E-state index in [0.717, 1.165) is 40.2 Å². The molecule has 2 aromatic carbocycles. The van der Waals surface area contributed by atoms with Gasteiger partial charge in [0.25, 0.3) is 0 Å². The Bertz CT molecular complexity index is 783. The van der Waals surface area contributed by atoms with Crippen molar-refractivity contribution in [3.63, 3.8) is 0 Å². The summed E-state index contributed by atoms with van der Waals surface area (Å²) in [7, 11) is 1.62. The zero-order valence-electron chi connectivity index (χ0n) is 14.2. The standard InChI is InChI=1S/C20H21BrN2O2/c1-25-19-10-9-16(21)14-15(19)8-11-20(24)22-17-6-2-3-7-18(17)23-12-4-5-13-23/h2-3,6-11,14H,4-5,12-13H2,1H3,(H,22,24). The normalized spacial score (nSPS) is 14.1. The Hall–Kier alpha value is -2.27. The van der Waals surface area contributed by atoms with Crippen molar-refractivity contribution in [2.24, 2.45) is 0 Å². The number of rotatable bonds is 5. The van der Waals surface area contributed by atoms with E-state index >= 15 is 0 Å². The number of hydrogen-bond acceptors (Lipinski definition) is 3. The van der Waals surface area contributed by atoms with Crippen LogP contribution in [-0.2, 0) is 4.79 Å². The average molecular weight is 401 g/mol. The average Bonchev–Trinajstić information content (AvgIpc) is 3.15. The molecule has 4 nitrogen and oxygen atoms in total. The quantitative estimate of drug-likeness (QED) is 0.738. The number of carbonyl (C=O) groups is 1. The van der Waals surface area contributed by atoms with E-state index in [0.29, 0.717) is 0 Å². The molecule has 1 amide bonds. The lowest BCUT2D eigenvalue weighted by Gasteiger charge is -2.21. The molecule has 5 heteroatoms. The van der Waals surface area contributed by atoms with Gasteiger partial charge in [0.2, 0.25) is 5.91 Å². The summed E-state index contributed by atoms with van der Waals surface area (Å²) in [5, 5.41) is 2.99. The summed E-state index contributed by atoms with van der Waals surface area (Å²) in [5.74, 6) is 0.568. The molecule has 0 aromatic heterocycles. The van der Waals surface area contributed by atoms with Crippen molar-refractivity contribution in [1.82, 2.24) is 0 Å². The maximum Gasteiger partial charge on any atom is 0.248 e. The van der Waals surface area contributed by atoms with Gasteiger partial charge < -0.3 is 15.0 Å². The van der Waals surface area contributed by atoms with Gasteiger partial charge in [-0.3, -0.25) is 4.79 Å². The van der Waals surface area contributed by atoms with Gasteiger partial charge in [-0.1, -0.05) is 28.1 Å². The lowest BCUT2D eigenvalue weighted by atomic mass is 10.2. The van der Waals surface area contributed by atoms with Crippen molar-refractivity contribution in [2.45, 2.75) is 12.8 Å². The first-order valence-corrected chi connectivity index (χ1v) is 9.13. The molecule has 2 aromatic rings. The maximum absolute atomic E-state index is 12.4. The second kappa shape index (κ2) is 8.21. The van der Waals surface area contributed by atoms with Crippen LogP contribution in [0.15, 0.2) is 53.0 Å². The monoisotopic (exact) mass is 400 g/mol. The number of ether oxygens (including phenoxy) is 1. The van der Waals surface area contributed by atoms with Crippen molar-refractivity contribution in [1.29, 1.82) is 0 Å². The Balaban J connectivity index is 1.74. The molecule has 1 heterocycles. The fourth-order valence-corrected chi connectivity index (χ4v) is 3.37. The Labute approximate surface area is 156 Å². The summed E-state index contributed by atoms with van der Waals surface area (Å²) in [4.78, 5) is 14.7. The molecule has 1 aliphatic rings. The number of anilines is 2. The predicted octanol–water partition coefficient (Wildman–Crippen LogP) is 4.71. The minimum atomic E-state index is -0.159. The lowest BCUT2D eigenvalue weighted by molar-refractivity contribution is -0.111. The molecule has 0 bridgehead atoms. The highest BCUT2D eigenvalue weighted by atomic mass is 79.9. The lowest BCUT2D eigenvalue weighted by Crippen LogP contribution is -2.20. The molecule has 1 saturated heterocycles. The smallest absolute Gasteiger partial charge is 0.248 e. The Morgan fingerprint density at radius 1 is 1.20 bits per heavy atom. The van der Waals surface area contributed by atoms with Gasteiger partial charge in [-0.05, 0) is 49.2 Å². The highest BCUT2D eigenvalue weighted by molar-refractivity contribution is 9.10. The zero-order valence-corrected chi connectivity index (χ0v) is 15.8. The van der Waals surface area contributed by atoms with Gasteiger partial charge in [-0.15, -0.1) is 0 Å². The van der Waals surface area contributed by atoms with Crippen molar-refractivity contribution >= 4 is 39.3 Å². The number of amides is 1. The molecule has 1 aliphatic heterocycles. The highest BCUT2D eigenvalue weighted by Crippen LogP contribution is 2.29. The van der Waals surface area contributed by atoms with E-state index in [2.05, 4.69) is 32.2 Å². The number of benzene rings is 2. The molecule has 0 radical (unpaired) electrons. The fourth-order valence-electron chi connectivity index (χ4n) is 2.99. The topological polar surface area (TPSA) is 41.6 Å². The van der Waals surface area contributed by atoms with Crippen LogP contribution in [0.4, 0.5) is 11.4 Å². The molecule has 25 heavy (non-hydrogen) atoms. The third kappa shape index (κ3) is 4.42. The van der Waals surface area contributed by atoms with Crippen molar-refractivity contribution < 1.29 is 9.53 Å². The van der Waals surface area contributed by atoms with Crippen molar-refractivity contribution in [2.75, 3.05) is 30.4 Å². The molecule has 0 atom stereocenters. The van der Waals surface area contributed by atoms with E-state index in [-0.39, 0.29) is 5.91 Å². The maximum atomic E-state index is 12.4. The Morgan fingerprint density at radius 2 is 1.96 bits per heavy atom. The minimum absolute atomic E-state index is 0.159. The van der Waals surface area contributed by atoms with E-state index in [1.165, 1.54) is 18.9 Å². The molecule has 3 rings (SSSR count). The van der Waals surface area contributed by atoms with E-state index < -0.39 is 0 Å². The molecule has 0 spiro atoms. The SMILES string of the molecule is COc1ccc(Br)cc1C=CC(=O)Nc1ccccc1N1CCCC1. The molecule has 1 fully saturated rings. The van der Waals surface area contributed by atoms with Gasteiger partial charge in [0, 0.05) is 29.2 Å². The van der Waals surface area contributed by atoms with Crippen molar-refractivity contribution in [3.05, 3.63) is 58.6 Å². The number of nitrogens with zero attached hydrogens (tertiary/aromatic N) is 1. The van der Waals surface area contributed by atoms with Gasteiger partial charge in [0.1, 0.15) is 5.75 Å². The van der Waals surface area contributed by atoms with E-state index in [1.54, 1.807) is 13.2 Å². The fraction of sp³-hybridized carbons (Fsp3) is 0.250. The summed E-state index contributed by atoms with van der Waals surface area (Å²) >= 11 is 3.44. The predicted molar refractivity (Wildman–Crippen MR) is 106 cm³/mol. The number of halogens is 1. The van der Waals surface area contributed by atoms with E-state index in [4.69, 9.17) is 4.74 Å². The van der Waals surface area contributed by atoms with Crippen LogP contribution in [0.3, 0.4) is 0 Å². The number of para-hydroxylation sites is 2. The summed E-state index contributed by atoms with van der Waals surface area (Å²) in [6.07, 6.45) is 5.69. The van der Waals surface area contributed by atoms with Gasteiger partial charge in [-0.25, -0.2) is 0 Å². The van der Waals surface area contributed by atoms with Crippen LogP contribution in [0.2, 0.25) is 0 Å². The van der Waals surface area contributed by atoms with Crippen LogP contribution in [0.5, 0.6) is 5.75 Å². The molecule has 130 valence electrons. The molecular formula is C20H21BrN2O2. The summed E-state index contributed by atoms with van der Waals surface area (Å²) in [5.41, 5.74) is 2.78. The van der Waals surface area contributed by atoms with E-state index in [1.807, 2.05) is 36.4 Å². The van der Waals surface area contributed by atoms with Crippen LogP contribution in [-0.4, -0.2) is 26.1 Å². The second-order valence-corrected chi connectivity index (χ2v) is 6.84. The minimum Gasteiger partial charge on any atom is -0.496 e. The number of carbonyl (C=O) groups excluding carboxylic acids is 1. The van der Waals surface area contributed by atoms with Gasteiger partial charge >= 0.3 is 0 Å². The van der Waals surface area contributed by atoms with Gasteiger partial charge in [0.15, 0.2) is 0 Å². The highest BCUT2D eigenvalue weighted by Gasteiger charge is 2.15. The largest absolute Gasteiger partial charge is 0.496 e. The van der Waals surface area contributed by atoms with Crippen LogP contribution in [0, 0.1) is 0 Å². The zero-order chi connectivity index (χ0) is 17.6. The Morgan fingerprint density at radius 3 is 2.72 bits per heavy atom. The first-order valence-electron chi connectivity index (χ1n) is 8.34. The first kappa shape index (κ1) is 17.5. The number of nitrogens with one attached hydrogen (secondary N) is 1. The summed E-state index contributed by atoms with van der Waals surface area (Å²) < 4.78 is 6.26. The van der Waals surface area contributed by atoms with Gasteiger partial charge in [-0.2, -0.15) is 0 Å².